The lowest BCUT2D eigenvalue weighted by Gasteiger charge is -2.24. The minimum absolute atomic E-state index is 0.299. The van der Waals surface area contributed by atoms with Crippen LogP contribution in [0, 0.1) is 18.4 Å². The summed E-state index contributed by atoms with van der Waals surface area (Å²) < 4.78 is 0. The highest BCUT2D eigenvalue weighted by molar-refractivity contribution is 7.78. The Bertz CT molecular complexity index is 387. The van der Waals surface area contributed by atoms with Gasteiger partial charge in [0.25, 0.3) is 0 Å². The van der Waals surface area contributed by atoms with Crippen molar-refractivity contribution >= 4 is 17.4 Å². The largest absolute Gasteiger partial charge is 0.314 e. The number of thiocarbonyl (C=S) groups is 1. The van der Waals surface area contributed by atoms with Crippen LogP contribution in [0.3, 0.4) is 0 Å². The van der Waals surface area contributed by atoms with Gasteiger partial charge in [-0.1, -0.05) is 12.2 Å². The summed E-state index contributed by atoms with van der Waals surface area (Å²) >= 11 is 4.67. The zero-order valence-corrected chi connectivity index (χ0v) is 12.2. The minimum atomic E-state index is 0.299. The van der Waals surface area contributed by atoms with Crippen molar-refractivity contribution < 1.29 is 0 Å². The molecule has 2 rings (SSSR count). The van der Waals surface area contributed by atoms with E-state index in [0.717, 1.165) is 37.5 Å². The molecule has 0 aromatic rings. The lowest BCUT2D eigenvalue weighted by Crippen LogP contribution is -2.17. The SMILES string of the molecule is [C-]#[N+]C1CCC(/C=C/C2CCC(N=C=S)CC2)CC1. The van der Waals surface area contributed by atoms with Crippen LogP contribution in [0.1, 0.15) is 51.4 Å². The standard InChI is InChI=1S/C16H22N2S/c1-17-15-8-4-13(5-9-15)2-3-14-6-10-16(11-7-14)18-12-19/h2-3,13-16H,4-11H2/b3-2+. The summed E-state index contributed by atoms with van der Waals surface area (Å²) in [6, 6.07) is 0.726. The highest BCUT2D eigenvalue weighted by Gasteiger charge is 2.23. The van der Waals surface area contributed by atoms with Gasteiger partial charge in [0.15, 0.2) is 0 Å². The second-order valence-corrected chi connectivity index (χ2v) is 6.05. The number of hydrogen-bond acceptors (Lipinski definition) is 2. The Morgan fingerprint density at radius 3 is 1.95 bits per heavy atom. The van der Waals surface area contributed by atoms with Crippen molar-refractivity contribution in [3.05, 3.63) is 23.6 Å². The molecule has 2 fully saturated rings. The number of nitrogens with zero attached hydrogens (tertiary/aromatic N) is 2. The maximum absolute atomic E-state index is 7.06. The van der Waals surface area contributed by atoms with Gasteiger partial charge in [-0.2, -0.15) is 0 Å². The monoisotopic (exact) mass is 274 g/mol. The van der Waals surface area contributed by atoms with Crippen molar-refractivity contribution in [2.75, 3.05) is 0 Å². The number of rotatable bonds is 3. The van der Waals surface area contributed by atoms with Gasteiger partial charge in [0.2, 0.25) is 6.04 Å². The molecule has 0 amide bonds. The predicted octanol–water partition coefficient (Wildman–Crippen LogP) is 4.68. The molecule has 0 saturated heterocycles. The Labute approximate surface area is 121 Å². The molecule has 0 aromatic carbocycles. The molecule has 0 heterocycles. The van der Waals surface area contributed by atoms with E-state index in [0.29, 0.717) is 12.1 Å². The highest BCUT2D eigenvalue weighted by atomic mass is 32.1. The van der Waals surface area contributed by atoms with Crippen LogP contribution in [0.4, 0.5) is 0 Å². The molecule has 2 aliphatic carbocycles. The Kier molecular flexibility index (Phi) is 5.76. The number of aliphatic imine (C=N–C) groups is 1. The summed E-state index contributed by atoms with van der Waals surface area (Å²) in [6.07, 6.45) is 14.2. The van der Waals surface area contributed by atoms with Gasteiger partial charge in [-0.05, 0) is 62.6 Å². The normalized spacial score (nSPS) is 35.5. The molecule has 0 spiro atoms. The van der Waals surface area contributed by atoms with Crippen LogP contribution >= 0.6 is 12.2 Å². The summed E-state index contributed by atoms with van der Waals surface area (Å²) in [6.45, 7) is 7.06. The van der Waals surface area contributed by atoms with Crippen molar-refractivity contribution in [3.8, 4) is 0 Å². The van der Waals surface area contributed by atoms with Gasteiger partial charge in [0, 0.05) is 12.8 Å². The molecule has 19 heavy (non-hydrogen) atoms. The molecule has 0 bridgehead atoms. The molecule has 3 heteroatoms. The third-order valence-corrected chi connectivity index (χ3v) is 4.66. The van der Waals surface area contributed by atoms with Gasteiger partial charge in [-0.25, -0.2) is 11.6 Å². The molecule has 2 saturated carbocycles. The summed E-state index contributed by atoms with van der Waals surface area (Å²) in [7, 11) is 0. The molecular weight excluding hydrogens is 252 g/mol. The third kappa shape index (κ3) is 4.56. The number of allylic oxidation sites excluding steroid dienone is 2. The van der Waals surface area contributed by atoms with Gasteiger partial charge in [-0.3, -0.25) is 0 Å². The van der Waals surface area contributed by atoms with E-state index in [2.05, 4.69) is 39.4 Å². The first-order valence-electron chi connectivity index (χ1n) is 7.43. The van der Waals surface area contributed by atoms with E-state index in [4.69, 9.17) is 6.57 Å². The first kappa shape index (κ1) is 14.4. The van der Waals surface area contributed by atoms with Crippen LogP contribution in [0.5, 0.6) is 0 Å². The summed E-state index contributed by atoms with van der Waals surface area (Å²) in [5.41, 5.74) is 0. The maximum Gasteiger partial charge on any atom is 0.223 e. The van der Waals surface area contributed by atoms with E-state index in [-0.39, 0.29) is 0 Å². The van der Waals surface area contributed by atoms with Crippen molar-refractivity contribution in [1.82, 2.24) is 0 Å². The zero-order chi connectivity index (χ0) is 13.5. The summed E-state index contributed by atoms with van der Waals surface area (Å²) in [5.74, 6) is 1.45. The molecule has 0 N–H and O–H groups in total. The lowest BCUT2D eigenvalue weighted by atomic mass is 9.82. The quantitative estimate of drug-likeness (QED) is 0.316. The van der Waals surface area contributed by atoms with Crippen LogP contribution < -0.4 is 0 Å². The Morgan fingerprint density at radius 1 is 0.947 bits per heavy atom. The van der Waals surface area contributed by atoms with Crippen LogP contribution in [-0.4, -0.2) is 17.2 Å². The molecule has 0 aromatic heterocycles. The van der Waals surface area contributed by atoms with Gasteiger partial charge in [0.05, 0.1) is 11.2 Å². The van der Waals surface area contributed by atoms with Gasteiger partial charge >= 0.3 is 0 Å². The van der Waals surface area contributed by atoms with Crippen LogP contribution in [-0.2, 0) is 0 Å². The first-order valence-corrected chi connectivity index (χ1v) is 7.84. The Morgan fingerprint density at radius 2 is 1.47 bits per heavy atom. The van der Waals surface area contributed by atoms with E-state index in [1.54, 1.807) is 0 Å². The zero-order valence-electron chi connectivity index (χ0n) is 11.4. The van der Waals surface area contributed by atoms with Crippen molar-refractivity contribution in [2.45, 2.75) is 63.5 Å². The average molecular weight is 274 g/mol. The van der Waals surface area contributed by atoms with Gasteiger partial charge in [0.1, 0.15) is 0 Å². The van der Waals surface area contributed by atoms with Gasteiger partial charge < -0.3 is 4.85 Å². The smallest absolute Gasteiger partial charge is 0.223 e. The van der Waals surface area contributed by atoms with E-state index in [1.807, 2.05) is 0 Å². The number of isothiocyanates is 1. The van der Waals surface area contributed by atoms with Crippen molar-refractivity contribution in [1.29, 1.82) is 0 Å². The van der Waals surface area contributed by atoms with Crippen LogP contribution in [0.2, 0.25) is 0 Å². The highest BCUT2D eigenvalue weighted by Crippen LogP contribution is 2.30. The molecule has 0 radical (unpaired) electrons. The van der Waals surface area contributed by atoms with Crippen LogP contribution in [0.25, 0.3) is 4.85 Å². The second kappa shape index (κ2) is 7.58. The van der Waals surface area contributed by atoms with Crippen molar-refractivity contribution in [2.24, 2.45) is 16.8 Å². The molecule has 102 valence electrons. The van der Waals surface area contributed by atoms with Crippen molar-refractivity contribution in [3.63, 3.8) is 0 Å². The van der Waals surface area contributed by atoms with E-state index in [9.17, 15) is 0 Å². The van der Waals surface area contributed by atoms with Gasteiger partial charge in [-0.15, -0.1) is 0 Å². The minimum Gasteiger partial charge on any atom is -0.314 e. The molecule has 0 atom stereocenters. The lowest BCUT2D eigenvalue weighted by molar-refractivity contribution is 0.370. The fourth-order valence-electron chi connectivity index (χ4n) is 3.24. The van der Waals surface area contributed by atoms with E-state index >= 15 is 0 Å². The Hall–Kier alpha value is -0.970. The predicted molar refractivity (Wildman–Crippen MR) is 82.3 cm³/mol. The third-order valence-electron chi connectivity index (χ3n) is 4.56. The molecular formula is C16H22N2S. The summed E-state index contributed by atoms with van der Waals surface area (Å²) in [5, 5.41) is 2.51. The molecule has 2 aliphatic rings. The first-order chi connectivity index (χ1) is 9.31. The van der Waals surface area contributed by atoms with E-state index < -0.39 is 0 Å². The number of hydrogen-bond donors (Lipinski definition) is 0. The molecule has 0 unspecified atom stereocenters. The maximum atomic E-state index is 7.06. The topological polar surface area (TPSA) is 16.7 Å². The summed E-state index contributed by atoms with van der Waals surface area (Å²) in [4.78, 5) is 7.86. The fraction of sp³-hybridized carbons (Fsp3) is 0.750. The second-order valence-electron chi connectivity index (χ2n) is 5.87. The fourth-order valence-corrected chi connectivity index (χ4v) is 3.38. The molecule has 2 nitrogen and oxygen atoms in total. The van der Waals surface area contributed by atoms with Crippen LogP contribution in [0.15, 0.2) is 17.1 Å². The van der Waals surface area contributed by atoms with E-state index in [1.165, 1.54) is 25.7 Å². The average Bonchev–Trinajstić information content (AvgIpc) is 2.47. The molecule has 0 aliphatic heterocycles. The Balaban J connectivity index is 1.72.